The molecule has 0 saturated carbocycles. The average molecular weight is 506 g/mol. The van der Waals surface area contributed by atoms with Crippen LogP contribution in [0.3, 0.4) is 0 Å². The van der Waals surface area contributed by atoms with Crippen LogP contribution < -0.4 is 9.64 Å². The van der Waals surface area contributed by atoms with Crippen LogP contribution in [0.5, 0.6) is 5.88 Å². The molecule has 0 amide bonds. The molecule has 5 heterocycles. The summed E-state index contributed by atoms with van der Waals surface area (Å²) in [6.07, 6.45) is 5.44. The van der Waals surface area contributed by atoms with Crippen LogP contribution in [-0.4, -0.2) is 55.4 Å². The lowest BCUT2D eigenvalue weighted by Gasteiger charge is -2.33. The van der Waals surface area contributed by atoms with Crippen molar-refractivity contribution in [3.8, 4) is 23.1 Å². The van der Waals surface area contributed by atoms with Gasteiger partial charge in [-0.15, -0.1) is 5.10 Å². The second-order valence-corrected chi connectivity index (χ2v) is 9.79. The van der Waals surface area contributed by atoms with E-state index in [9.17, 15) is 8.78 Å². The molecule has 1 saturated heterocycles. The van der Waals surface area contributed by atoms with E-state index in [-0.39, 0.29) is 18.8 Å². The number of rotatable bonds is 5. The van der Waals surface area contributed by atoms with Gasteiger partial charge in [0.15, 0.2) is 5.82 Å². The first-order chi connectivity index (χ1) is 17.9. The van der Waals surface area contributed by atoms with Crippen molar-refractivity contribution < 1.29 is 13.5 Å². The summed E-state index contributed by atoms with van der Waals surface area (Å²) in [5.74, 6) is -0.464. The van der Waals surface area contributed by atoms with Crippen LogP contribution in [0.1, 0.15) is 48.7 Å². The molecule has 0 unspecified atom stereocenters. The topological polar surface area (TPSA) is 73.9 Å². The highest BCUT2D eigenvalue weighted by atomic mass is 19.3. The van der Waals surface area contributed by atoms with E-state index in [4.69, 9.17) is 19.8 Å². The van der Waals surface area contributed by atoms with Gasteiger partial charge in [0, 0.05) is 50.3 Å². The Morgan fingerprint density at radius 1 is 1.00 bits per heavy atom. The summed E-state index contributed by atoms with van der Waals surface area (Å²) >= 11 is 0. The van der Waals surface area contributed by atoms with Crippen LogP contribution in [0.25, 0.3) is 17.2 Å². The molecule has 0 aliphatic carbocycles. The van der Waals surface area contributed by atoms with Gasteiger partial charge < -0.3 is 14.2 Å². The number of anilines is 1. The van der Waals surface area contributed by atoms with Gasteiger partial charge in [0.25, 0.3) is 5.92 Å². The summed E-state index contributed by atoms with van der Waals surface area (Å²) < 4.78 is 36.5. The van der Waals surface area contributed by atoms with E-state index in [0.29, 0.717) is 30.5 Å². The second kappa shape index (κ2) is 9.24. The number of ether oxygens (including phenoxy) is 1. The lowest BCUT2D eigenvalue weighted by atomic mass is 9.91. The zero-order chi connectivity index (χ0) is 25.6. The maximum absolute atomic E-state index is 13.5. The third-order valence-corrected chi connectivity index (χ3v) is 7.28. The number of methoxy groups -OCH3 is 1. The number of nitrogens with zero attached hydrogens (tertiary/aromatic N) is 7. The molecule has 1 aromatic carbocycles. The summed E-state index contributed by atoms with van der Waals surface area (Å²) in [7, 11) is 1.60. The summed E-state index contributed by atoms with van der Waals surface area (Å²) in [6.45, 7) is 3.50. The summed E-state index contributed by atoms with van der Waals surface area (Å²) in [6, 6.07) is 12.1. The number of hydrogen-bond acceptors (Lipinski definition) is 6. The van der Waals surface area contributed by atoms with Crippen molar-refractivity contribution in [2.75, 3.05) is 25.1 Å². The molecule has 2 aliphatic rings. The number of aryl methyl sites for hydroxylation is 2. The smallest absolute Gasteiger partial charge is 0.251 e. The summed E-state index contributed by atoms with van der Waals surface area (Å²) in [5, 5.41) is 4.77. The SMILES string of the molecule is COc1nc(-c2nc3n(n2)CCC[C@@H]3c2ccc(N3CCC(F)(F)CC3)cc2)ccc1-n1cnc(C)c1. The predicted octanol–water partition coefficient (Wildman–Crippen LogP) is 5.00. The van der Waals surface area contributed by atoms with E-state index in [1.54, 1.807) is 13.4 Å². The number of imidazole rings is 1. The Hall–Kier alpha value is -3.82. The Bertz CT molecular complexity index is 1400. The number of pyridine rings is 1. The molecule has 0 spiro atoms. The Morgan fingerprint density at radius 3 is 2.49 bits per heavy atom. The van der Waals surface area contributed by atoms with E-state index in [2.05, 4.69) is 17.1 Å². The molecule has 1 atom stereocenters. The predicted molar refractivity (Wildman–Crippen MR) is 136 cm³/mol. The molecule has 0 N–H and O–H groups in total. The highest BCUT2D eigenvalue weighted by molar-refractivity contribution is 5.56. The number of fused-ring (bicyclic) bond motifs is 1. The van der Waals surface area contributed by atoms with Crippen molar-refractivity contribution in [2.45, 2.75) is 51.0 Å². The first-order valence-electron chi connectivity index (χ1n) is 12.6. The number of aromatic nitrogens is 6. The molecule has 3 aromatic heterocycles. The van der Waals surface area contributed by atoms with Gasteiger partial charge >= 0.3 is 0 Å². The molecule has 4 aromatic rings. The second-order valence-electron chi connectivity index (χ2n) is 9.79. The zero-order valence-corrected chi connectivity index (χ0v) is 20.9. The van der Waals surface area contributed by atoms with Crippen molar-refractivity contribution >= 4 is 5.69 Å². The van der Waals surface area contributed by atoms with Gasteiger partial charge in [-0.05, 0) is 49.6 Å². The van der Waals surface area contributed by atoms with Gasteiger partial charge in [-0.3, -0.25) is 0 Å². The Morgan fingerprint density at radius 2 is 1.78 bits per heavy atom. The van der Waals surface area contributed by atoms with Crippen molar-refractivity contribution in [1.29, 1.82) is 0 Å². The fraction of sp³-hybridized carbons (Fsp3) is 0.407. The van der Waals surface area contributed by atoms with Crippen LogP contribution in [0, 0.1) is 6.92 Å². The van der Waals surface area contributed by atoms with Crippen LogP contribution in [0.4, 0.5) is 14.5 Å². The minimum atomic E-state index is -2.54. The van der Waals surface area contributed by atoms with Gasteiger partial charge in [0.05, 0.1) is 19.1 Å². The normalized spacial score (nSPS) is 19.0. The van der Waals surface area contributed by atoms with Crippen molar-refractivity contribution in [2.24, 2.45) is 0 Å². The number of halogens is 2. The standard InChI is InChI=1S/C27H29F2N7O/c1-18-16-35(17-30-18)23-10-9-22(31-26(23)37-2)24-32-25-21(4-3-13-36(25)33-24)19-5-7-20(8-6-19)34-14-11-27(28,29)12-15-34/h5-10,16-17,21H,3-4,11-15H2,1-2H3/t21-/m1/s1. The Kier molecular flexibility index (Phi) is 5.89. The molecule has 192 valence electrons. The van der Waals surface area contributed by atoms with Gasteiger partial charge in [0.2, 0.25) is 5.88 Å². The first kappa shape index (κ1) is 23.6. The van der Waals surface area contributed by atoms with E-state index in [1.165, 1.54) is 0 Å². The summed E-state index contributed by atoms with van der Waals surface area (Å²) in [5.41, 5.74) is 4.50. The highest BCUT2D eigenvalue weighted by Crippen LogP contribution is 2.36. The van der Waals surface area contributed by atoms with Gasteiger partial charge in [-0.1, -0.05) is 12.1 Å². The molecule has 0 bridgehead atoms. The van der Waals surface area contributed by atoms with Gasteiger partial charge in [-0.2, -0.15) is 0 Å². The summed E-state index contributed by atoms with van der Waals surface area (Å²) in [4.78, 5) is 15.9. The minimum Gasteiger partial charge on any atom is -0.479 e. The lowest BCUT2D eigenvalue weighted by Crippen LogP contribution is -2.39. The van der Waals surface area contributed by atoms with Crippen LogP contribution in [-0.2, 0) is 6.54 Å². The molecular formula is C27H29F2N7O. The number of piperidine rings is 1. The lowest BCUT2D eigenvalue weighted by molar-refractivity contribution is -0.0220. The van der Waals surface area contributed by atoms with E-state index in [0.717, 1.165) is 47.8 Å². The van der Waals surface area contributed by atoms with E-state index < -0.39 is 5.92 Å². The molecule has 10 heteroatoms. The number of alkyl halides is 2. The third-order valence-electron chi connectivity index (χ3n) is 7.28. The molecule has 6 rings (SSSR count). The monoisotopic (exact) mass is 505 g/mol. The molecule has 37 heavy (non-hydrogen) atoms. The first-order valence-corrected chi connectivity index (χ1v) is 12.6. The average Bonchev–Trinajstić information content (AvgIpc) is 3.55. The van der Waals surface area contributed by atoms with Gasteiger partial charge in [-0.25, -0.2) is 28.4 Å². The Labute approximate surface area is 213 Å². The van der Waals surface area contributed by atoms with Crippen LogP contribution in [0.2, 0.25) is 0 Å². The van der Waals surface area contributed by atoms with Crippen LogP contribution >= 0.6 is 0 Å². The number of hydrogen-bond donors (Lipinski definition) is 0. The largest absolute Gasteiger partial charge is 0.479 e. The molecule has 8 nitrogen and oxygen atoms in total. The van der Waals surface area contributed by atoms with E-state index >= 15 is 0 Å². The quantitative estimate of drug-likeness (QED) is 0.380. The molecule has 1 fully saturated rings. The Balaban J connectivity index is 1.25. The van der Waals surface area contributed by atoms with Crippen molar-refractivity contribution in [3.05, 3.63) is 66.0 Å². The molecular weight excluding hydrogens is 476 g/mol. The maximum atomic E-state index is 13.5. The fourth-order valence-corrected chi connectivity index (χ4v) is 5.24. The maximum Gasteiger partial charge on any atom is 0.251 e. The number of benzene rings is 1. The van der Waals surface area contributed by atoms with Crippen molar-refractivity contribution in [3.63, 3.8) is 0 Å². The van der Waals surface area contributed by atoms with Crippen LogP contribution in [0.15, 0.2) is 48.9 Å². The van der Waals surface area contributed by atoms with Gasteiger partial charge in [0.1, 0.15) is 17.2 Å². The minimum absolute atomic E-state index is 0.0922. The third kappa shape index (κ3) is 4.56. The van der Waals surface area contributed by atoms with E-state index in [1.807, 2.05) is 51.5 Å². The molecule has 0 radical (unpaired) electrons. The highest BCUT2D eigenvalue weighted by Gasteiger charge is 2.34. The zero-order valence-electron chi connectivity index (χ0n) is 20.9. The molecule has 2 aliphatic heterocycles. The fourth-order valence-electron chi connectivity index (χ4n) is 5.24. The van der Waals surface area contributed by atoms with Crippen molar-refractivity contribution in [1.82, 2.24) is 29.3 Å².